The van der Waals surface area contributed by atoms with Gasteiger partial charge in [-0.25, -0.2) is 20.1 Å². The molecule has 0 saturated heterocycles. The normalized spacial score (nSPS) is 16.1. The predicted octanol–water partition coefficient (Wildman–Crippen LogP) is 0.0481. The molecular weight excluding hydrogens is 292 g/mol. The van der Waals surface area contributed by atoms with E-state index in [4.69, 9.17) is 5.84 Å². The molecule has 8 nitrogen and oxygen atoms in total. The van der Waals surface area contributed by atoms with E-state index in [1.165, 1.54) is 7.05 Å². The molecule has 3 N–H and O–H groups in total. The summed E-state index contributed by atoms with van der Waals surface area (Å²) in [5.41, 5.74) is 3.92. The van der Waals surface area contributed by atoms with Crippen LogP contribution in [0.3, 0.4) is 0 Å². The summed E-state index contributed by atoms with van der Waals surface area (Å²) in [6, 6.07) is 9.35. The monoisotopic (exact) mass is 304 g/mol. The third-order valence-electron chi connectivity index (χ3n) is 3.04. The lowest BCUT2D eigenvalue weighted by Gasteiger charge is -2.23. The first-order valence-electron chi connectivity index (χ1n) is 6.01. The summed E-state index contributed by atoms with van der Waals surface area (Å²) >= 11 is 0. The predicted molar refractivity (Wildman–Crippen MR) is 78.7 cm³/mol. The van der Waals surface area contributed by atoms with Crippen LogP contribution >= 0.6 is 0 Å². The van der Waals surface area contributed by atoms with Crippen LogP contribution in [-0.4, -0.2) is 31.3 Å². The molecule has 9 heteroatoms. The lowest BCUT2D eigenvalue weighted by atomic mass is 10.1. The molecule has 1 aromatic carbocycles. The number of nitrogens with zero attached hydrogens (tertiary/aromatic N) is 4. The van der Waals surface area contributed by atoms with Crippen molar-refractivity contribution in [1.82, 2.24) is 15.4 Å². The quantitative estimate of drug-likeness (QED) is 0.568. The van der Waals surface area contributed by atoms with Crippen molar-refractivity contribution in [2.75, 3.05) is 11.4 Å². The second kappa shape index (κ2) is 4.79. The minimum absolute atomic E-state index is 0.0322. The first kappa shape index (κ1) is 13.5. The second-order valence-corrected chi connectivity index (χ2v) is 5.95. The minimum atomic E-state index is -3.86. The van der Waals surface area contributed by atoms with Gasteiger partial charge in [0.2, 0.25) is 0 Å². The summed E-state index contributed by atoms with van der Waals surface area (Å²) in [7, 11) is -2.49. The summed E-state index contributed by atoms with van der Waals surface area (Å²) in [6.07, 6.45) is 1.55. The van der Waals surface area contributed by atoms with Gasteiger partial charge in [-0.1, -0.05) is 30.3 Å². The highest BCUT2D eigenvalue weighted by Gasteiger charge is 2.31. The number of benzene rings is 1. The van der Waals surface area contributed by atoms with Gasteiger partial charge in [-0.15, -0.1) is 4.40 Å². The average molecular weight is 304 g/mol. The van der Waals surface area contributed by atoms with Crippen LogP contribution < -0.4 is 15.6 Å². The summed E-state index contributed by atoms with van der Waals surface area (Å²) < 4.78 is 28.4. The number of anilines is 1. The molecular formula is C12H12N6O2S. The number of hydrazine groups is 1. The topological polar surface area (TPSA) is 114 Å². The number of nitrogens with one attached hydrogen (secondary N) is 1. The highest BCUT2D eigenvalue weighted by Crippen LogP contribution is 2.27. The molecule has 0 atom stereocenters. The molecule has 2 aromatic rings. The molecule has 21 heavy (non-hydrogen) atoms. The molecule has 0 aliphatic carbocycles. The van der Waals surface area contributed by atoms with Gasteiger partial charge < -0.3 is 5.43 Å². The number of fused-ring (bicyclic) bond motifs is 1. The number of rotatable bonds is 1. The Bertz CT molecular complexity index is 819. The second-order valence-electron chi connectivity index (χ2n) is 4.32. The molecule has 0 radical (unpaired) electrons. The molecule has 0 saturated carbocycles. The molecule has 3 rings (SSSR count). The van der Waals surface area contributed by atoms with E-state index in [2.05, 4.69) is 19.8 Å². The fraction of sp³-hybridized carbons (Fsp3) is 0.0833. The van der Waals surface area contributed by atoms with Crippen molar-refractivity contribution < 1.29 is 8.42 Å². The third kappa shape index (κ3) is 2.22. The number of hydrogen-bond acceptors (Lipinski definition) is 6. The van der Waals surface area contributed by atoms with Crippen molar-refractivity contribution in [3.05, 3.63) is 42.2 Å². The minimum Gasteiger partial charge on any atom is -0.306 e. The largest absolute Gasteiger partial charge is 0.347 e. The van der Waals surface area contributed by atoms with Crippen LogP contribution in [0.25, 0.3) is 11.3 Å². The molecule has 0 fully saturated rings. The van der Waals surface area contributed by atoms with Crippen LogP contribution in [0.2, 0.25) is 0 Å². The molecule has 2 heterocycles. The zero-order chi connectivity index (χ0) is 15.0. The first-order valence-corrected chi connectivity index (χ1v) is 7.41. The molecule has 1 aromatic heterocycles. The van der Waals surface area contributed by atoms with Gasteiger partial charge in [-0.3, -0.25) is 0 Å². The van der Waals surface area contributed by atoms with Gasteiger partial charge in [0.25, 0.3) is 0 Å². The number of nitrogens with two attached hydrogens (primary N) is 1. The maximum Gasteiger partial charge on any atom is 0.347 e. The van der Waals surface area contributed by atoms with E-state index >= 15 is 0 Å². The lowest BCUT2D eigenvalue weighted by molar-refractivity contribution is 0.594. The molecule has 0 bridgehead atoms. The molecule has 1 aliphatic rings. The van der Waals surface area contributed by atoms with Crippen molar-refractivity contribution >= 4 is 21.9 Å². The Morgan fingerprint density at radius 2 is 1.95 bits per heavy atom. The van der Waals surface area contributed by atoms with E-state index in [1.54, 1.807) is 6.20 Å². The molecule has 0 amide bonds. The smallest absolute Gasteiger partial charge is 0.306 e. The number of hydrogen-bond donors (Lipinski definition) is 2. The van der Waals surface area contributed by atoms with E-state index in [0.717, 1.165) is 9.87 Å². The Balaban J connectivity index is 2.19. The van der Waals surface area contributed by atoms with Gasteiger partial charge in [0.15, 0.2) is 17.3 Å². The summed E-state index contributed by atoms with van der Waals surface area (Å²) in [5, 5.41) is 0. The van der Waals surface area contributed by atoms with Crippen molar-refractivity contribution in [2.24, 2.45) is 10.2 Å². The van der Waals surface area contributed by atoms with E-state index in [1.807, 2.05) is 30.3 Å². The highest BCUT2D eigenvalue weighted by atomic mass is 32.2. The Morgan fingerprint density at radius 3 is 2.62 bits per heavy atom. The van der Waals surface area contributed by atoms with Gasteiger partial charge >= 0.3 is 10.2 Å². The Hall–Kier alpha value is -2.52. The van der Waals surface area contributed by atoms with Crippen molar-refractivity contribution in [3.8, 4) is 11.3 Å². The fourth-order valence-electron chi connectivity index (χ4n) is 1.94. The zero-order valence-corrected chi connectivity index (χ0v) is 11.9. The summed E-state index contributed by atoms with van der Waals surface area (Å²) in [5.74, 6) is 5.45. The van der Waals surface area contributed by atoms with Crippen molar-refractivity contribution in [3.63, 3.8) is 0 Å². The van der Waals surface area contributed by atoms with Crippen molar-refractivity contribution in [1.29, 1.82) is 0 Å². The Labute approximate surface area is 121 Å². The number of aromatic nitrogens is 2. The van der Waals surface area contributed by atoms with Gasteiger partial charge in [0, 0.05) is 12.6 Å². The van der Waals surface area contributed by atoms with E-state index in [0.29, 0.717) is 5.69 Å². The molecule has 1 aliphatic heterocycles. The van der Waals surface area contributed by atoms with E-state index in [9.17, 15) is 8.42 Å². The molecule has 0 spiro atoms. The van der Waals surface area contributed by atoms with Crippen LogP contribution in [0.4, 0.5) is 5.82 Å². The van der Waals surface area contributed by atoms with Gasteiger partial charge in [0.1, 0.15) is 0 Å². The zero-order valence-electron chi connectivity index (χ0n) is 11.1. The van der Waals surface area contributed by atoms with E-state index < -0.39 is 10.2 Å². The Kier molecular flexibility index (Phi) is 3.07. The van der Waals surface area contributed by atoms with Gasteiger partial charge in [0.05, 0.1) is 11.9 Å². The van der Waals surface area contributed by atoms with Crippen LogP contribution in [0.1, 0.15) is 5.69 Å². The average Bonchev–Trinajstić information content (AvgIpc) is 2.51. The van der Waals surface area contributed by atoms with E-state index in [-0.39, 0.29) is 17.3 Å². The fourth-order valence-corrected chi connectivity index (χ4v) is 2.78. The van der Waals surface area contributed by atoms with Gasteiger partial charge in [-0.2, -0.15) is 8.42 Å². The highest BCUT2D eigenvalue weighted by molar-refractivity contribution is 7.91. The third-order valence-corrected chi connectivity index (χ3v) is 4.31. The number of amidine groups is 1. The van der Waals surface area contributed by atoms with Crippen LogP contribution in [-0.2, 0) is 10.2 Å². The van der Waals surface area contributed by atoms with Crippen molar-refractivity contribution in [2.45, 2.75) is 0 Å². The summed E-state index contributed by atoms with van der Waals surface area (Å²) in [6.45, 7) is 0. The van der Waals surface area contributed by atoms with Crippen LogP contribution in [0.15, 0.2) is 40.9 Å². The van der Waals surface area contributed by atoms with Crippen LogP contribution in [0.5, 0.6) is 0 Å². The SMILES string of the molecule is CN1c2nc(-c3ccccc3)cnc2C(NN)=NS1(=O)=O. The Morgan fingerprint density at radius 1 is 1.24 bits per heavy atom. The maximum atomic E-state index is 11.9. The van der Waals surface area contributed by atoms with Gasteiger partial charge in [-0.05, 0) is 0 Å². The maximum absolute atomic E-state index is 11.9. The summed E-state index contributed by atoms with van der Waals surface area (Å²) in [4.78, 5) is 8.59. The standard InChI is InChI=1S/C12H12N6O2S/c1-18-12-10(11(16-13)17-21(18,19)20)14-7-9(15-12)8-5-3-2-4-6-8/h2-7H,13H2,1H3,(H,16,17). The lowest BCUT2D eigenvalue weighted by Crippen LogP contribution is -2.40. The molecule has 108 valence electrons. The molecule has 0 unspecified atom stereocenters. The first-order chi connectivity index (χ1) is 10.0. The van der Waals surface area contributed by atoms with Crippen LogP contribution in [0, 0.1) is 0 Å².